The van der Waals surface area contributed by atoms with Crippen molar-refractivity contribution in [2.24, 2.45) is 0 Å². The highest BCUT2D eigenvalue weighted by Crippen LogP contribution is 2.38. The molecule has 0 aromatic carbocycles. The number of H-pyrrole nitrogens is 1. The second kappa shape index (κ2) is 8.02. The van der Waals surface area contributed by atoms with Gasteiger partial charge in [0.25, 0.3) is 5.56 Å². The maximum atomic E-state index is 12.1. The van der Waals surface area contributed by atoms with Crippen molar-refractivity contribution in [2.45, 2.75) is 63.8 Å². The van der Waals surface area contributed by atoms with Gasteiger partial charge in [-0.1, -0.05) is 26.8 Å². The molecule has 160 valence electrons. The standard InChI is InChI=1S/C19H31N5O4Si/c1-7-8-26-12-9-14(28-13(12)10-27-29(5,6)19(2,3)4)24-11-21-15-16(24)22-18(20)23-17(15)25/h7,11-14H,1,8-10H2,2-6H3,(H3,20,22,23,25)/t12-,13+,14+/m0/s1. The number of fused-ring (bicyclic) bond motifs is 1. The Balaban J connectivity index is 1.82. The third-order valence-corrected chi connectivity index (χ3v) is 10.3. The molecule has 10 heteroatoms. The van der Waals surface area contributed by atoms with E-state index in [1.807, 2.05) is 0 Å². The molecule has 1 fully saturated rings. The maximum absolute atomic E-state index is 12.1. The van der Waals surface area contributed by atoms with Crippen LogP contribution in [0.2, 0.25) is 18.1 Å². The van der Waals surface area contributed by atoms with Crippen molar-refractivity contribution in [3.63, 3.8) is 0 Å². The quantitative estimate of drug-likeness (QED) is 0.521. The molecule has 0 aliphatic carbocycles. The van der Waals surface area contributed by atoms with E-state index in [9.17, 15) is 4.79 Å². The van der Waals surface area contributed by atoms with Crippen LogP contribution in [0.1, 0.15) is 33.4 Å². The van der Waals surface area contributed by atoms with E-state index < -0.39 is 8.32 Å². The van der Waals surface area contributed by atoms with Crippen LogP contribution < -0.4 is 11.3 Å². The van der Waals surface area contributed by atoms with Gasteiger partial charge < -0.3 is 19.6 Å². The molecule has 0 radical (unpaired) electrons. The molecule has 29 heavy (non-hydrogen) atoms. The third kappa shape index (κ3) is 4.45. The number of rotatable bonds is 7. The minimum atomic E-state index is -1.93. The molecule has 3 atom stereocenters. The molecule has 2 aromatic rings. The topological polar surface area (TPSA) is 117 Å². The van der Waals surface area contributed by atoms with E-state index in [0.29, 0.717) is 25.3 Å². The Morgan fingerprint density at radius 1 is 1.48 bits per heavy atom. The lowest BCUT2D eigenvalue weighted by molar-refractivity contribution is -0.0536. The van der Waals surface area contributed by atoms with E-state index in [1.165, 1.54) is 0 Å². The molecule has 3 rings (SSSR count). The van der Waals surface area contributed by atoms with Crippen molar-refractivity contribution in [1.29, 1.82) is 0 Å². The molecule has 3 N–H and O–H groups in total. The van der Waals surface area contributed by atoms with E-state index in [2.05, 4.69) is 55.4 Å². The van der Waals surface area contributed by atoms with Gasteiger partial charge in [-0.15, -0.1) is 6.58 Å². The predicted octanol–water partition coefficient (Wildman–Crippen LogP) is 2.58. The number of hydrogen-bond acceptors (Lipinski definition) is 7. The van der Waals surface area contributed by atoms with Crippen LogP contribution in [0, 0.1) is 0 Å². The van der Waals surface area contributed by atoms with Crippen LogP contribution in [0.25, 0.3) is 11.2 Å². The molecule has 2 aromatic heterocycles. The second-order valence-electron chi connectivity index (χ2n) is 8.87. The molecule has 0 amide bonds. The van der Waals surface area contributed by atoms with Gasteiger partial charge in [0.15, 0.2) is 19.5 Å². The molecule has 0 unspecified atom stereocenters. The van der Waals surface area contributed by atoms with Crippen LogP contribution in [0.4, 0.5) is 5.95 Å². The molecule has 1 saturated heterocycles. The van der Waals surface area contributed by atoms with Gasteiger partial charge in [-0.2, -0.15) is 4.98 Å². The summed E-state index contributed by atoms with van der Waals surface area (Å²) >= 11 is 0. The van der Waals surface area contributed by atoms with E-state index in [-0.39, 0.29) is 40.5 Å². The summed E-state index contributed by atoms with van der Waals surface area (Å²) in [5.41, 5.74) is 5.96. The van der Waals surface area contributed by atoms with Gasteiger partial charge in [-0.25, -0.2) is 4.98 Å². The molecule has 0 spiro atoms. The van der Waals surface area contributed by atoms with E-state index in [4.69, 9.17) is 19.6 Å². The van der Waals surface area contributed by atoms with Gasteiger partial charge in [0, 0.05) is 6.42 Å². The zero-order chi connectivity index (χ0) is 21.4. The number of aromatic amines is 1. The number of aromatic nitrogens is 4. The largest absolute Gasteiger partial charge is 0.414 e. The smallest absolute Gasteiger partial charge is 0.280 e. The van der Waals surface area contributed by atoms with E-state index in [0.717, 1.165) is 0 Å². The Bertz CT molecular complexity index is 933. The zero-order valence-electron chi connectivity index (χ0n) is 17.8. The summed E-state index contributed by atoms with van der Waals surface area (Å²) < 4.78 is 20.3. The highest BCUT2D eigenvalue weighted by atomic mass is 28.4. The molecule has 0 saturated carbocycles. The van der Waals surface area contributed by atoms with Gasteiger partial charge in [-0.05, 0) is 18.1 Å². The number of anilines is 1. The Labute approximate surface area is 171 Å². The van der Waals surface area contributed by atoms with Crippen molar-refractivity contribution in [1.82, 2.24) is 19.5 Å². The lowest BCUT2D eigenvalue weighted by atomic mass is 10.2. The second-order valence-corrected chi connectivity index (χ2v) is 13.7. The molecule has 1 aliphatic rings. The first kappa shape index (κ1) is 21.7. The molecule has 1 aliphatic heterocycles. The number of nitrogens with zero attached hydrogens (tertiary/aromatic N) is 3. The molecular weight excluding hydrogens is 390 g/mol. The minimum Gasteiger partial charge on any atom is -0.414 e. The average Bonchev–Trinajstić information content (AvgIpc) is 3.21. The Hall–Kier alpha value is -2.01. The maximum Gasteiger partial charge on any atom is 0.280 e. The molecule has 0 bridgehead atoms. The van der Waals surface area contributed by atoms with Gasteiger partial charge in [0.05, 0.1) is 25.6 Å². The van der Waals surface area contributed by atoms with Crippen molar-refractivity contribution < 1.29 is 13.9 Å². The third-order valence-electron chi connectivity index (χ3n) is 5.78. The summed E-state index contributed by atoms with van der Waals surface area (Å²) in [5.74, 6) is 0.0412. The normalized spacial score (nSPS) is 23.0. The van der Waals surface area contributed by atoms with Gasteiger partial charge >= 0.3 is 0 Å². The zero-order valence-corrected chi connectivity index (χ0v) is 18.8. The number of ether oxygens (including phenoxy) is 2. The van der Waals surface area contributed by atoms with Crippen molar-refractivity contribution in [3.05, 3.63) is 29.3 Å². The highest BCUT2D eigenvalue weighted by molar-refractivity contribution is 6.74. The molecule has 3 heterocycles. The lowest BCUT2D eigenvalue weighted by Gasteiger charge is -2.37. The van der Waals surface area contributed by atoms with Crippen molar-refractivity contribution >= 4 is 25.4 Å². The van der Waals surface area contributed by atoms with Crippen LogP contribution in [0.15, 0.2) is 23.8 Å². The fourth-order valence-corrected chi connectivity index (χ4v) is 4.06. The average molecular weight is 422 g/mol. The number of nitrogens with two attached hydrogens (primary N) is 1. The summed E-state index contributed by atoms with van der Waals surface area (Å²) in [7, 11) is -1.93. The molecule has 9 nitrogen and oxygen atoms in total. The summed E-state index contributed by atoms with van der Waals surface area (Å²) in [4.78, 5) is 22.9. The highest BCUT2D eigenvalue weighted by Gasteiger charge is 2.42. The van der Waals surface area contributed by atoms with Crippen LogP contribution in [0.3, 0.4) is 0 Å². The first-order valence-corrected chi connectivity index (χ1v) is 12.7. The first-order chi connectivity index (χ1) is 13.5. The Morgan fingerprint density at radius 2 is 2.21 bits per heavy atom. The summed E-state index contributed by atoms with van der Waals surface area (Å²) in [6, 6.07) is 0. The number of hydrogen-bond donors (Lipinski definition) is 2. The van der Waals surface area contributed by atoms with E-state index >= 15 is 0 Å². The monoisotopic (exact) mass is 421 g/mol. The number of nitrogens with one attached hydrogen (secondary N) is 1. The van der Waals surface area contributed by atoms with Crippen LogP contribution >= 0.6 is 0 Å². The molecular formula is C19H31N5O4Si. The fraction of sp³-hybridized carbons (Fsp3) is 0.632. The van der Waals surface area contributed by atoms with Crippen LogP contribution in [-0.4, -0.2) is 53.3 Å². The lowest BCUT2D eigenvalue weighted by Crippen LogP contribution is -2.44. The fourth-order valence-electron chi connectivity index (χ4n) is 3.05. The van der Waals surface area contributed by atoms with Crippen LogP contribution in [-0.2, 0) is 13.9 Å². The Kier molecular flexibility index (Phi) is 6.00. The van der Waals surface area contributed by atoms with E-state index in [1.54, 1.807) is 17.0 Å². The van der Waals surface area contributed by atoms with Gasteiger partial charge in [0.2, 0.25) is 5.95 Å². The van der Waals surface area contributed by atoms with Crippen LogP contribution in [0.5, 0.6) is 0 Å². The van der Waals surface area contributed by atoms with Gasteiger partial charge in [-0.3, -0.25) is 14.3 Å². The van der Waals surface area contributed by atoms with Gasteiger partial charge in [0.1, 0.15) is 12.3 Å². The summed E-state index contributed by atoms with van der Waals surface area (Å²) in [5, 5.41) is 0.103. The summed E-state index contributed by atoms with van der Waals surface area (Å²) in [6.45, 7) is 15.6. The minimum absolute atomic E-state index is 0.0412. The number of imidazole rings is 1. The van der Waals surface area contributed by atoms with Crippen molar-refractivity contribution in [3.8, 4) is 0 Å². The van der Waals surface area contributed by atoms with Crippen molar-refractivity contribution in [2.75, 3.05) is 18.9 Å². The SMILES string of the molecule is C=CCO[C@H]1C[C@H](n2cnc3c(=O)[nH]c(N)nc32)O[C@@H]1CO[Si](C)(C)C(C)(C)C. The summed E-state index contributed by atoms with van der Waals surface area (Å²) in [6.07, 6.45) is 3.06. The number of nitrogen functional groups attached to an aromatic ring is 1. The Morgan fingerprint density at radius 3 is 2.86 bits per heavy atom. The first-order valence-electron chi connectivity index (χ1n) is 9.77. The predicted molar refractivity (Wildman–Crippen MR) is 114 cm³/mol.